The summed E-state index contributed by atoms with van der Waals surface area (Å²) in [6, 6.07) is 1.93. The lowest BCUT2D eigenvalue weighted by Gasteiger charge is -2.06. The minimum atomic E-state index is -0.115. The van der Waals surface area contributed by atoms with Crippen molar-refractivity contribution in [1.29, 1.82) is 5.41 Å². The third-order valence-corrected chi connectivity index (χ3v) is 2.14. The van der Waals surface area contributed by atoms with Crippen LogP contribution in [-0.4, -0.2) is 25.6 Å². The molecule has 16 heavy (non-hydrogen) atoms. The van der Waals surface area contributed by atoms with Gasteiger partial charge in [-0.25, -0.2) is 14.6 Å². The normalized spacial score (nSPS) is 10.4. The van der Waals surface area contributed by atoms with Crippen molar-refractivity contribution in [3.63, 3.8) is 0 Å². The highest BCUT2D eigenvalue weighted by molar-refractivity contribution is 5.95. The molecule has 0 spiro atoms. The first-order valence-electron chi connectivity index (χ1n) is 4.78. The molecule has 2 aromatic heterocycles. The Hall–Kier alpha value is -2.24. The molecule has 0 aliphatic heterocycles. The van der Waals surface area contributed by atoms with Crippen molar-refractivity contribution < 1.29 is 0 Å². The smallest absolute Gasteiger partial charge is 0.183 e. The van der Waals surface area contributed by atoms with E-state index in [9.17, 15) is 0 Å². The van der Waals surface area contributed by atoms with Gasteiger partial charge >= 0.3 is 0 Å². The first kappa shape index (κ1) is 10.3. The SMILES string of the molecule is Cc1cc(C)n(-c2nccnc2C(=N)N)n1. The maximum Gasteiger partial charge on any atom is 0.183 e. The van der Waals surface area contributed by atoms with Gasteiger partial charge in [-0.3, -0.25) is 5.41 Å². The minimum Gasteiger partial charge on any atom is -0.382 e. The summed E-state index contributed by atoms with van der Waals surface area (Å²) < 4.78 is 1.64. The summed E-state index contributed by atoms with van der Waals surface area (Å²) in [7, 11) is 0. The average molecular weight is 216 g/mol. The molecule has 0 atom stereocenters. The molecule has 0 radical (unpaired) electrons. The van der Waals surface area contributed by atoms with E-state index >= 15 is 0 Å². The number of aromatic nitrogens is 4. The number of nitrogens with zero attached hydrogens (tertiary/aromatic N) is 4. The molecular weight excluding hydrogens is 204 g/mol. The summed E-state index contributed by atoms with van der Waals surface area (Å²) in [5.74, 6) is 0.372. The van der Waals surface area contributed by atoms with Gasteiger partial charge in [-0.2, -0.15) is 5.10 Å². The summed E-state index contributed by atoms with van der Waals surface area (Å²) >= 11 is 0. The number of hydrogen-bond donors (Lipinski definition) is 2. The quantitative estimate of drug-likeness (QED) is 0.566. The highest BCUT2D eigenvalue weighted by Crippen LogP contribution is 2.11. The number of nitrogens with two attached hydrogens (primary N) is 1. The summed E-state index contributed by atoms with van der Waals surface area (Å²) in [6.07, 6.45) is 3.06. The molecule has 0 unspecified atom stereocenters. The Balaban J connectivity index is 2.64. The molecule has 0 aromatic carbocycles. The maximum absolute atomic E-state index is 7.44. The molecule has 82 valence electrons. The van der Waals surface area contributed by atoms with Crippen LogP contribution < -0.4 is 5.73 Å². The molecule has 6 heteroatoms. The van der Waals surface area contributed by atoms with Gasteiger partial charge < -0.3 is 5.73 Å². The zero-order chi connectivity index (χ0) is 11.7. The van der Waals surface area contributed by atoms with E-state index in [2.05, 4.69) is 15.1 Å². The second kappa shape index (κ2) is 3.73. The second-order valence-electron chi connectivity index (χ2n) is 3.48. The lowest BCUT2D eigenvalue weighted by molar-refractivity contribution is 0.795. The van der Waals surface area contributed by atoms with E-state index < -0.39 is 0 Å². The van der Waals surface area contributed by atoms with Crippen LogP contribution in [0.4, 0.5) is 0 Å². The van der Waals surface area contributed by atoms with Crippen LogP contribution >= 0.6 is 0 Å². The van der Waals surface area contributed by atoms with Crippen molar-refractivity contribution in [3.8, 4) is 5.82 Å². The van der Waals surface area contributed by atoms with E-state index in [1.165, 1.54) is 6.20 Å². The van der Waals surface area contributed by atoms with Gasteiger partial charge in [0.1, 0.15) is 11.5 Å². The Morgan fingerprint density at radius 1 is 1.31 bits per heavy atom. The highest BCUT2D eigenvalue weighted by atomic mass is 15.3. The van der Waals surface area contributed by atoms with Gasteiger partial charge in [0.15, 0.2) is 5.82 Å². The molecule has 0 fully saturated rings. The van der Waals surface area contributed by atoms with E-state index in [1.807, 2.05) is 19.9 Å². The summed E-state index contributed by atoms with van der Waals surface area (Å²) in [5.41, 5.74) is 7.61. The molecule has 0 aliphatic rings. The van der Waals surface area contributed by atoms with Crippen LogP contribution in [0.5, 0.6) is 0 Å². The summed E-state index contributed by atoms with van der Waals surface area (Å²) in [5, 5.41) is 11.7. The Morgan fingerprint density at radius 3 is 2.56 bits per heavy atom. The number of amidine groups is 1. The Kier molecular flexibility index (Phi) is 2.40. The van der Waals surface area contributed by atoms with Crippen LogP contribution in [0.15, 0.2) is 18.5 Å². The number of nitrogens with one attached hydrogen (secondary N) is 1. The van der Waals surface area contributed by atoms with E-state index in [0.717, 1.165) is 11.4 Å². The molecule has 0 saturated heterocycles. The average Bonchev–Trinajstić information content (AvgIpc) is 2.57. The Labute approximate surface area is 92.7 Å². The first-order valence-corrected chi connectivity index (χ1v) is 4.78. The van der Waals surface area contributed by atoms with E-state index in [1.54, 1.807) is 10.9 Å². The van der Waals surface area contributed by atoms with Gasteiger partial charge in [-0.15, -0.1) is 0 Å². The van der Waals surface area contributed by atoms with Crippen LogP contribution in [0, 0.1) is 19.3 Å². The number of rotatable bonds is 2. The Morgan fingerprint density at radius 2 is 2.00 bits per heavy atom. The predicted molar refractivity (Wildman–Crippen MR) is 59.6 cm³/mol. The predicted octanol–water partition coefficient (Wildman–Crippen LogP) is 0.563. The van der Waals surface area contributed by atoms with Crippen LogP contribution in [0.25, 0.3) is 5.82 Å². The monoisotopic (exact) mass is 216 g/mol. The van der Waals surface area contributed by atoms with Gasteiger partial charge in [0.2, 0.25) is 0 Å². The summed E-state index contributed by atoms with van der Waals surface area (Å²) in [6.45, 7) is 3.81. The van der Waals surface area contributed by atoms with E-state index in [4.69, 9.17) is 11.1 Å². The second-order valence-corrected chi connectivity index (χ2v) is 3.48. The fourth-order valence-corrected chi connectivity index (χ4v) is 1.52. The van der Waals surface area contributed by atoms with Gasteiger partial charge in [0.25, 0.3) is 0 Å². The standard InChI is InChI=1S/C10H12N6/c1-6-5-7(2)16(15-6)10-8(9(11)12)13-3-4-14-10/h3-5H,1-2H3,(H3,11,12). The fraction of sp³-hybridized carbons (Fsp3) is 0.200. The van der Waals surface area contributed by atoms with E-state index in [0.29, 0.717) is 11.5 Å². The lowest BCUT2D eigenvalue weighted by Crippen LogP contribution is -2.18. The first-order chi connectivity index (χ1) is 7.59. The third kappa shape index (κ3) is 1.65. The summed E-state index contributed by atoms with van der Waals surface area (Å²) in [4.78, 5) is 8.19. The zero-order valence-electron chi connectivity index (χ0n) is 9.10. The van der Waals surface area contributed by atoms with Crippen LogP contribution in [0.1, 0.15) is 17.1 Å². The zero-order valence-corrected chi connectivity index (χ0v) is 9.10. The molecular formula is C10H12N6. The minimum absolute atomic E-state index is 0.115. The van der Waals surface area contributed by atoms with Crippen LogP contribution in [0.2, 0.25) is 0 Å². The van der Waals surface area contributed by atoms with Gasteiger partial charge in [-0.1, -0.05) is 0 Å². The Bertz CT molecular complexity index is 542. The topological polar surface area (TPSA) is 93.5 Å². The van der Waals surface area contributed by atoms with Crippen LogP contribution in [0.3, 0.4) is 0 Å². The maximum atomic E-state index is 7.44. The molecule has 3 N–H and O–H groups in total. The van der Waals surface area contributed by atoms with Crippen molar-refractivity contribution in [1.82, 2.24) is 19.7 Å². The van der Waals surface area contributed by atoms with Crippen molar-refractivity contribution in [2.24, 2.45) is 5.73 Å². The van der Waals surface area contributed by atoms with Gasteiger partial charge in [0, 0.05) is 18.1 Å². The molecule has 0 amide bonds. The van der Waals surface area contributed by atoms with Crippen molar-refractivity contribution in [2.45, 2.75) is 13.8 Å². The molecule has 0 aliphatic carbocycles. The van der Waals surface area contributed by atoms with Crippen LogP contribution in [-0.2, 0) is 0 Å². The van der Waals surface area contributed by atoms with Gasteiger partial charge in [-0.05, 0) is 19.9 Å². The highest BCUT2D eigenvalue weighted by Gasteiger charge is 2.12. The molecule has 0 bridgehead atoms. The molecule has 0 saturated carbocycles. The molecule has 2 aromatic rings. The molecule has 6 nitrogen and oxygen atoms in total. The third-order valence-electron chi connectivity index (χ3n) is 2.14. The number of aryl methyl sites for hydroxylation is 2. The molecule has 2 rings (SSSR count). The van der Waals surface area contributed by atoms with Gasteiger partial charge in [0.05, 0.1) is 5.69 Å². The molecule has 2 heterocycles. The fourth-order valence-electron chi connectivity index (χ4n) is 1.52. The number of nitrogen functional groups attached to an aromatic ring is 1. The van der Waals surface area contributed by atoms with E-state index in [-0.39, 0.29) is 5.84 Å². The van der Waals surface area contributed by atoms with Crippen molar-refractivity contribution in [2.75, 3.05) is 0 Å². The lowest BCUT2D eigenvalue weighted by atomic mass is 10.3. The largest absolute Gasteiger partial charge is 0.382 e. The number of hydrogen-bond acceptors (Lipinski definition) is 4. The van der Waals surface area contributed by atoms with Crippen molar-refractivity contribution in [3.05, 3.63) is 35.5 Å². The van der Waals surface area contributed by atoms with Crippen molar-refractivity contribution >= 4 is 5.84 Å².